The van der Waals surface area contributed by atoms with Crippen molar-refractivity contribution in [1.29, 1.82) is 0 Å². The van der Waals surface area contributed by atoms with Gasteiger partial charge in [-0.3, -0.25) is 4.31 Å². The number of aliphatic hydroxyl groups excluding tert-OH is 1. The molecule has 0 radical (unpaired) electrons. The van der Waals surface area contributed by atoms with Crippen molar-refractivity contribution in [3.05, 3.63) is 24.3 Å². The molecule has 0 saturated heterocycles. The molecule has 0 fully saturated rings. The highest BCUT2D eigenvalue weighted by atomic mass is 32.2. The maximum absolute atomic E-state index is 12.2. The molecule has 1 N–H and O–H groups in total. The van der Waals surface area contributed by atoms with E-state index in [0.29, 0.717) is 12.1 Å². The Balaban J connectivity index is 2.31. The van der Waals surface area contributed by atoms with Crippen LogP contribution in [0.1, 0.15) is 13.3 Å². The Bertz CT molecular complexity index is 537. The molecule has 1 unspecified atom stereocenters. The third kappa shape index (κ3) is 2.32. The molecule has 0 aliphatic carbocycles. The van der Waals surface area contributed by atoms with Crippen LogP contribution in [0.5, 0.6) is 0 Å². The number of aliphatic hydroxyl groups is 1. The van der Waals surface area contributed by atoms with E-state index in [9.17, 15) is 13.5 Å². The molecule has 1 aromatic carbocycles. The van der Waals surface area contributed by atoms with Crippen LogP contribution in [0.2, 0.25) is 0 Å². The first-order chi connectivity index (χ1) is 8.01. The number of hydrogen-bond donors (Lipinski definition) is 1. The Hall–Kier alpha value is -1.40. The van der Waals surface area contributed by atoms with Gasteiger partial charge in [0, 0.05) is 6.54 Å². The fourth-order valence-electron chi connectivity index (χ4n) is 1.59. The summed E-state index contributed by atoms with van der Waals surface area (Å²) in [5.41, 5.74) is 0.459. The molecular formula is C11H14N2O3S. The molecule has 1 atom stereocenters. The molecule has 0 saturated carbocycles. The van der Waals surface area contributed by atoms with Gasteiger partial charge in [0.25, 0.3) is 10.0 Å². The molecule has 0 spiro atoms. The van der Waals surface area contributed by atoms with Crippen LogP contribution in [0, 0.1) is 0 Å². The summed E-state index contributed by atoms with van der Waals surface area (Å²) in [7, 11) is -3.51. The molecular weight excluding hydrogens is 240 g/mol. The molecule has 92 valence electrons. The van der Waals surface area contributed by atoms with Crippen molar-refractivity contribution in [3.63, 3.8) is 0 Å². The molecule has 1 heterocycles. The lowest BCUT2D eigenvalue weighted by molar-refractivity contribution is 0.180. The van der Waals surface area contributed by atoms with E-state index in [0.717, 1.165) is 0 Å². The molecule has 1 aromatic rings. The zero-order valence-electron chi connectivity index (χ0n) is 9.44. The van der Waals surface area contributed by atoms with Gasteiger partial charge in [-0.1, -0.05) is 12.1 Å². The fraction of sp³-hybridized carbons (Fsp3) is 0.364. The summed E-state index contributed by atoms with van der Waals surface area (Å²) in [4.78, 5) is 4.30. The second kappa shape index (κ2) is 4.46. The topological polar surface area (TPSA) is 70.0 Å². The van der Waals surface area contributed by atoms with Crippen LogP contribution in [0.4, 0.5) is 5.69 Å². The van der Waals surface area contributed by atoms with Crippen molar-refractivity contribution >= 4 is 22.0 Å². The van der Waals surface area contributed by atoms with Crippen molar-refractivity contribution < 1.29 is 13.5 Å². The summed E-state index contributed by atoms with van der Waals surface area (Å²) < 4.78 is 25.5. The predicted molar refractivity (Wildman–Crippen MR) is 64.8 cm³/mol. The van der Waals surface area contributed by atoms with Gasteiger partial charge >= 0.3 is 0 Å². The first-order valence-corrected chi connectivity index (χ1v) is 6.79. The van der Waals surface area contributed by atoms with Crippen molar-refractivity contribution in [3.8, 4) is 0 Å². The van der Waals surface area contributed by atoms with Gasteiger partial charge in [0.05, 0.1) is 11.8 Å². The first kappa shape index (κ1) is 12.1. The Morgan fingerprint density at radius 3 is 2.82 bits per heavy atom. The van der Waals surface area contributed by atoms with Crippen LogP contribution in [-0.2, 0) is 10.0 Å². The van der Waals surface area contributed by atoms with Crippen LogP contribution < -0.4 is 0 Å². The average molecular weight is 254 g/mol. The molecule has 0 amide bonds. The van der Waals surface area contributed by atoms with E-state index in [1.165, 1.54) is 16.7 Å². The van der Waals surface area contributed by atoms with Crippen molar-refractivity contribution in [1.82, 2.24) is 4.31 Å². The smallest absolute Gasteiger partial charge is 0.267 e. The van der Waals surface area contributed by atoms with Gasteiger partial charge in [0.2, 0.25) is 0 Å². The monoisotopic (exact) mass is 254 g/mol. The van der Waals surface area contributed by atoms with Gasteiger partial charge in [-0.05, 0) is 25.5 Å². The van der Waals surface area contributed by atoms with Gasteiger partial charge in [0.15, 0.2) is 0 Å². The second-order valence-corrected chi connectivity index (χ2v) is 5.82. The molecule has 1 aliphatic rings. The third-order valence-corrected chi connectivity index (χ3v) is 4.34. The number of benzene rings is 1. The highest BCUT2D eigenvalue weighted by Crippen LogP contribution is 2.29. The Labute approximate surface area is 100 Å². The number of aliphatic imine (C=N–C) groups is 1. The standard InChI is InChI=1S/C11H14N2O3S/c1-9(14)6-7-13-8-12-10-4-2-3-5-11(10)17(13,15)16/h2-5,8-9,14H,6-7H2,1H3. The van der Waals surface area contributed by atoms with E-state index in [1.807, 2.05) is 0 Å². The van der Waals surface area contributed by atoms with E-state index < -0.39 is 16.1 Å². The summed E-state index contributed by atoms with van der Waals surface area (Å²) in [5, 5.41) is 9.18. The Morgan fingerprint density at radius 2 is 2.12 bits per heavy atom. The normalized spacial score (nSPS) is 18.8. The van der Waals surface area contributed by atoms with Crippen LogP contribution in [0.3, 0.4) is 0 Å². The number of sulfonamides is 1. The third-order valence-electron chi connectivity index (χ3n) is 2.54. The molecule has 5 nitrogen and oxygen atoms in total. The van der Waals surface area contributed by atoms with E-state index >= 15 is 0 Å². The maximum Gasteiger partial charge on any atom is 0.267 e. The highest BCUT2D eigenvalue weighted by Gasteiger charge is 2.27. The molecule has 17 heavy (non-hydrogen) atoms. The van der Waals surface area contributed by atoms with Gasteiger partial charge < -0.3 is 5.11 Å². The fourth-order valence-corrected chi connectivity index (χ4v) is 2.99. The van der Waals surface area contributed by atoms with Gasteiger partial charge in [-0.15, -0.1) is 0 Å². The van der Waals surface area contributed by atoms with E-state index in [4.69, 9.17) is 0 Å². The molecule has 0 aromatic heterocycles. The summed E-state index contributed by atoms with van der Waals surface area (Å²) in [5.74, 6) is 0. The number of rotatable bonds is 3. The molecule has 2 rings (SSSR count). The van der Waals surface area contributed by atoms with E-state index in [-0.39, 0.29) is 11.4 Å². The number of nitrogens with zero attached hydrogens (tertiary/aromatic N) is 2. The van der Waals surface area contributed by atoms with Crippen molar-refractivity contribution in [2.75, 3.05) is 6.54 Å². The van der Waals surface area contributed by atoms with Gasteiger partial charge in [-0.2, -0.15) is 0 Å². The van der Waals surface area contributed by atoms with Crippen LogP contribution in [0.15, 0.2) is 34.2 Å². The lowest BCUT2D eigenvalue weighted by Gasteiger charge is -2.24. The first-order valence-electron chi connectivity index (χ1n) is 5.35. The number of hydrogen-bond acceptors (Lipinski definition) is 4. The average Bonchev–Trinajstić information content (AvgIpc) is 2.28. The predicted octanol–water partition coefficient (Wildman–Crippen LogP) is 1.12. The SMILES string of the molecule is CC(O)CCN1C=Nc2ccccc2S1(=O)=O. The maximum atomic E-state index is 12.2. The van der Waals surface area contributed by atoms with Crippen molar-refractivity contribution in [2.24, 2.45) is 4.99 Å². The zero-order valence-corrected chi connectivity index (χ0v) is 10.3. The lowest BCUT2D eigenvalue weighted by Crippen LogP contribution is -2.34. The molecule has 6 heteroatoms. The summed E-state index contributed by atoms with van der Waals surface area (Å²) >= 11 is 0. The van der Waals surface area contributed by atoms with E-state index in [2.05, 4.69) is 4.99 Å². The number of para-hydroxylation sites is 1. The van der Waals surface area contributed by atoms with Crippen LogP contribution >= 0.6 is 0 Å². The van der Waals surface area contributed by atoms with Crippen LogP contribution in [0.25, 0.3) is 0 Å². The Morgan fingerprint density at radius 1 is 1.41 bits per heavy atom. The van der Waals surface area contributed by atoms with Crippen LogP contribution in [-0.4, -0.2) is 36.8 Å². The summed E-state index contributed by atoms with van der Waals surface area (Å²) in [6.07, 6.45) is 1.16. The largest absolute Gasteiger partial charge is 0.393 e. The minimum absolute atomic E-state index is 0.216. The summed E-state index contributed by atoms with van der Waals surface area (Å²) in [6.45, 7) is 1.86. The Kier molecular flexibility index (Phi) is 3.17. The molecule has 1 aliphatic heterocycles. The number of fused-ring (bicyclic) bond motifs is 1. The minimum Gasteiger partial charge on any atom is -0.393 e. The highest BCUT2D eigenvalue weighted by molar-refractivity contribution is 7.89. The zero-order chi connectivity index (χ0) is 12.5. The second-order valence-electron chi connectivity index (χ2n) is 3.97. The van der Waals surface area contributed by atoms with Crippen molar-refractivity contribution in [2.45, 2.75) is 24.3 Å². The quantitative estimate of drug-likeness (QED) is 0.878. The minimum atomic E-state index is -3.51. The summed E-state index contributed by atoms with van der Waals surface area (Å²) in [6, 6.07) is 6.62. The van der Waals surface area contributed by atoms with E-state index in [1.54, 1.807) is 25.1 Å². The van der Waals surface area contributed by atoms with Gasteiger partial charge in [0.1, 0.15) is 11.2 Å². The lowest BCUT2D eigenvalue weighted by atomic mass is 10.3. The van der Waals surface area contributed by atoms with Gasteiger partial charge in [-0.25, -0.2) is 13.4 Å². The molecule has 0 bridgehead atoms.